The Kier molecular flexibility index (Phi) is 3.37. The first-order valence-electron chi connectivity index (χ1n) is 3.73. The second-order valence-corrected chi connectivity index (χ2v) is 3.27. The monoisotopic (exact) mass is 229 g/mol. The lowest BCUT2D eigenvalue weighted by Gasteiger charge is -2.08. The molecule has 0 fully saturated rings. The fourth-order valence-electron chi connectivity index (χ4n) is 0.898. The minimum absolute atomic E-state index is 0.603. The Labute approximate surface area is 80.3 Å². The lowest BCUT2D eigenvalue weighted by atomic mass is 10.3. The van der Waals surface area contributed by atoms with Crippen molar-refractivity contribution in [1.29, 1.82) is 0 Å². The highest BCUT2D eigenvalue weighted by Crippen LogP contribution is 2.26. The minimum atomic E-state index is 0.603. The summed E-state index contributed by atoms with van der Waals surface area (Å²) in [6.07, 6.45) is 0. The van der Waals surface area contributed by atoms with Gasteiger partial charge in [0.2, 0.25) is 0 Å². The van der Waals surface area contributed by atoms with Crippen LogP contribution in [0, 0.1) is 0 Å². The van der Waals surface area contributed by atoms with Gasteiger partial charge in [0, 0.05) is 17.6 Å². The lowest BCUT2D eigenvalue weighted by molar-refractivity contribution is 1.02. The first-order chi connectivity index (χ1) is 5.75. The van der Waals surface area contributed by atoms with Gasteiger partial charge in [0.1, 0.15) is 0 Å². The molecule has 0 aromatic heterocycles. The van der Waals surface area contributed by atoms with Crippen molar-refractivity contribution in [3.05, 3.63) is 22.7 Å². The van der Waals surface area contributed by atoms with Crippen molar-refractivity contribution in [2.75, 3.05) is 24.1 Å². The summed E-state index contributed by atoms with van der Waals surface area (Å²) in [4.78, 5) is 0. The average Bonchev–Trinajstić information content (AvgIpc) is 2.08. The Morgan fingerprint density at radius 3 is 2.83 bits per heavy atom. The summed E-state index contributed by atoms with van der Waals surface area (Å²) in [5.41, 5.74) is 12.8. The molecule has 0 heterocycles. The number of nitrogens with one attached hydrogen (secondary N) is 1. The van der Waals surface area contributed by atoms with E-state index in [-0.39, 0.29) is 0 Å². The molecule has 0 amide bonds. The maximum Gasteiger partial charge on any atom is 0.0694 e. The molecule has 0 radical (unpaired) electrons. The van der Waals surface area contributed by atoms with Crippen LogP contribution in [0.25, 0.3) is 0 Å². The number of halogens is 1. The highest BCUT2D eigenvalue weighted by molar-refractivity contribution is 9.10. The van der Waals surface area contributed by atoms with Crippen LogP contribution in [-0.4, -0.2) is 13.1 Å². The van der Waals surface area contributed by atoms with Crippen LogP contribution < -0.4 is 16.8 Å². The molecule has 0 aliphatic carbocycles. The third-order valence-corrected chi connectivity index (χ3v) is 2.20. The smallest absolute Gasteiger partial charge is 0.0694 e. The number of hydrogen-bond acceptors (Lipinski definition) is 3. The number of para-hydroxylation sites is 1. The highest BCUT2D eigenvalue weighted by atomic mass is 79.9. The van der Waals surface area contributed by atoms with Crippen molar-refractivity contribution in [3.63, 3.8) is 0 Å². The van der Waals surface area contributed by atoms with E-state index in [1.165, 1.54) is 0 Å². The standard InChI is InChI=1S/C8H12BrN3/c9-6-2-1-3-7(8(6)11)12-5-4-10/h1-3,12H,4-5,10-11H2. The highest BCUT2D eigenvalue weighted by Gasteiger charge is 1.99. The van der Waals surface area contributed by atoms with Gasteiger partial charge in [-0.1, -0.05) is 6.07 Å². The zero-order chi connectivity index (χ0) is 8.97. The van der Waals surface area contributed by atoms with Crippen molar-refractivity contribution in [1.82, 2.24) is 0 Å². The van der Waals surface area contributed by atoms with Crippen LogP contribution in [0.1, 0.15) is 0 Å². The predicted octanol–water partition coefficient (Wildman–Crippen LogP) is 1.40. The van der Waals surface area contributed by atoms with Crippen LogP contribution in [0.5, 0.6) is 0 Å². The van der Waals surface area contributed by atoms with Crippen LogP contribution >= 0.6 is 15.9 Å². The zero-order valence-electron chi connectivity index (χ0n) is 6.68. The van der Waals surface area contributed by atoms with E-state index in [9.17, 15) is 0 Å². The lowest BCUT2D eigenvalue weighted by Crippen LogP contribution is -2.14. The molecular formula is C8H12BrN3. The Morgan fingerprint density at radius 1 is 1.42 bits per heavy atom. The molecule has 66 valence electrons. The van der Waals surface area contributed by atoms with E-state index >= 15 is 0 Å². The summed E-state index contributed by atoms with van der Waals surface area (Å²) in [5, 5.41) is 3.12. The number of rotatable bonds is 3. The molecule has 0 saturated heterocycles. The minimum Gasteiger partial charge on any atom is -0.396 e. The maximum atomic E-state index is 5.77. The van der Waals surface area contributed by atoms with Gasteiger partial charge >= 0.3 is 0 Å². The Morgan fingerprint density at radius 2 is 2.17 bits per heavy atom. The molecule has 4 heteroatoms. The van der Waals surface area contributed by atoms with E-state index in [1.807, 2.05) is 18.2 Å². The van der Waals surface area contributed by atoms with Crippen LogP contribution in [0.15, 0.2) is 22.7 Å². The Bertz CT molecular complexity index is 262. The van der Waals surface area contributed by atoms with Crippen LogP contribution in [0.3, 0.4) is 0 Å². The van der Waals surface area contributed by atoms with E-state index in [2.05, 4.69) is 21.2 Å². The van der Waals surface area contributed by atoms with Gasteiger partial charge < -0.3 is 16.8 Å². The topological polar surface area (TPSA) is 64.1 Å². The summed E-state index contributed by atoms with van der Waals surface area (Å²) in [5.74, 6) is 0. The molecule has 1 rings (SSSR count). The van der Waals surface area contributed by atoms with Crippen LogP contribution in [0.2, 0.25) is 0 Å². The van der Waals surface area contributed by atoms with Gasteiger partial charge in [0.25, 0.3) is 0 Å². The van der Waals surface area contributed by atoms with Gasteiger partial charge in [-0.3, -0.25) is 0 Å². The molecule has 5 N–H and O–H groups in total. The Hall–Kier alpha value is -0.740. The van der Waals surface area contributed by atoms with E-state index in [0.29, 0.717) is 6.54 Å². The molecule has 0 saturated carbocycles. The first-order valence-corrected chi connectivity index (χ1v) is 4.53. The zero-order valence-corrected chi connectivity index (χ0v) is 8.26. The van der Waals surface area contributed by atoms with Crippen molar-refractivity contribution in [2.45, 2.75) is 0 Å². The number of nitrogen functional groups attached to an aromatic ring is 1. The summed E-state index contributed by atoms with van der Waals surface area (Å²) >= 11 is 3.34. The van der Waals surface area contributed by atoms with Crippen molar-refractivity contribution in [3.8, 4) is 0 Å². The molecule has 0 atom stereocenters. The number of nitrogens with two attached hydrogens (primary N) is 2. The summed E-state index contributed by atoms with van der Waals surface area (Å²) in [6, 6.07) is 5.76. The van der Waals surface area contributed by atoms with E-state index in [4.69, 9.17) is 11.5 Å². The largest absolute Gasteiger partial charge is 0.396 e. The first kappa shape index (κ1) is 9.35. The van der Waals surface area contributed by atoms with Crippen molar-refractivity contribution in [2.24, 2.45) is 5.73 Å². The maximum absolute atomic E-state index is 5.77. The van der Waals surface area contributed by atoms with E-state index in [0.717, 1.165) is 22.4 Å². The van der Waals surface area contributed by atoms with Gasteiger partial charge in [-0.25, -0.2) is 0 Å². The fourth-order valence-corrected chi connectivity index (χ4v) is 1.26. The fraction of sp³-hybridized carbons (Fsp3) is 0.250. The number of hydrogen-bond donors (Lipinski definition) is 3. The molecule has 0 bridgehead atoms. The summed E-state index contributed by atoms with van der Waals surface area (Å²) in [6.45, 7) is 1.34. The molecule has 0 aliphatic heterocycles. The Balaban J connectivity index is 2.78. The van der Waals surface area contributed by atoms with Crippen molar-refractivity contribution < 1.29 is 0 Å². The van der Waals surface area contributed by atoms with Crippen molar-refractivity contribution >= 4 is 27.3 Å². The molecule has 12 heavy (non-hydrogen) atoms. The third kappa shape index (κ3) is 2.12. The van der Waals surface area contributed by atoms with Gasteiger partial charge in [-0.05, 0) is 28.1 Å². The van der Waals surface area contributed by atoms with Crippen LogP contribution in [0.4, 0.5) is 11.4 Å². The summed E-state index contributed by atoms with van der Waals surface area (Å²) in [7, 11) is 0. The van der Waals surface area contributed by atoms with Gasteiger partial charge in [-0.2, -0.15) is 0 Å². The molecule has 0 aliphatic rings. The number of anilines is 2. The molecule has 1 aromatic rings. The average molecular weight is 230 g/mol. The normalized spacial score (nSPS) is 9.83. The predicted molar refractivity (Wildman–Crippen MR) is 56.1 cm³/mol. The van der Waals surface area contributed by atoms with Gasteiger partial charge in [-0.15, -0.1) is 0 Å². The molecule has 0 unspecified atom stereocenters. The quantitative estimate of drug-likeness (QED) is 0.687. The summed E-state index contributed by atoms with van der Waals surface area (Å²) < 4.78 is 0.907. The molecular weight excluding hydrogens is 218 g/mol. The third-order valence-electron chi connectivity index (χ3n) is 1.51. The molecule has 0 spiro atoms. The van der Waals surface area contributed by atoms with Crippen LogP contribution in [-0.2, 0) is 0 Å². The second kappa shape index (κ2) is 4.33. The SMILES string of the molecule is NCCNc1cccc(Br)c1N. The van der Waals surface area contributed by atoms with Gasteiger partial charge in [0.05, 0.1) is 11.4 Å². The number of benzene rings is 1. The van der Waals surface area contributed by atoms with E-state index in [1.54, 1.807) is 0 Å². The molecule has 3 nitrogen and oxygen atoms in total. The molecule has 1 aromatic carbocycles. The van der Waals surface area contributed by atoms with E-state index < -0.39 is 0 Å². The van der Waals surface area contributed by atoms with Gasteiger partial charge in [0.15, 0.2) is 0 Å². The second-order valence-electron chi connectivity index (χ2n) is 2.42.